The lowest BCUT2D eigenvalue weighted by molar-refractivity contribution is -0.140. The number of allylic oxidation sites excluding steroid dienone is 2. The molecule has 0 radical (unpaired) electrons. The number of aryl methyl sites for hydroxylation is 2. The van der Waals surface area contributed by atoms with E-state index < -0.39 is 35.0 Å². The molecule has 4 aromatic carbocycles. The zero-order chi connectivity index (χ0) is 40.4. The summed E-state index contributed by atoms with van der Waals surface area (Å²) in [5, 5.41) is 28.6. The van der Waals surface area contributed by atoms with Crippen LogP contribution in [0.25, 0.3) is 31.4 Å². The van der Waals surface area contributed by atoms with Crippen molar-refractivity contribution in [2.75, 3.05) is 11.4 Å². The van der Waals surface area contributed by atoms with Crippen LogP contribution in [0.1, 0.15) is 42.4 Å². The van der Waals surface area contributed by atoms with Gasteiger partial charge in [-0.3, -0.25) is 28.8 Å². The van der Waals surface area contributed by atoms with Crippen molar-refractivity contribution in [2.24, 2.45) is 36.1 Å². The summed E-state index contributed by atoms with van der Waals surface area (Å²) >= 11 is 7.92. The standard InChI is InChI=1S/C46H39ClN4O6S/c1-23-32-20-25(47)10-17-37(32)58-41(23)35-22-38(49(3)48-35)51-43(55)34-21-33-30(40(46(34,2)45(51)57)29-15-16-36(53)28-7-5-4-6-27(28)29)13-14-31-39(33)44(56)50(42(31)54)19-18-24-8-11-26(52)12-9-24/h4-13,15-17,20,22,31,33-34,39-40,52-53H,14,18-19,21H2,1-3H3. The number of phenols is 2. The van der Waals surface area contributed by atoms with Gasteiger partial charge in [-0.2, -0.15) is 5.10 Å². The average molecular weight is 811 g/mol. The van der Waals surface area contributed by atoms with Crippen molar-refractivity contribution in [1.82, 2.24) is 14.7 Å². The molecule has 58 heavy (non-hydrogen) atoms. The average Bonchev–Trinajstić information content (AvgIpc) is 3.88. The molecule has 4 aliphatic rings. The van der Waals surface area contributed by atoms with Gasteiger partial charge in [0, 0.05) is 40.7 Å². The van der Waals surface area contributed by atoms with E-state index in [-0.39, 0.29) is 48.1 Å². The van der Waals surface area contributed by atoms with Crippen LogP contribution in [-0.2, 0) is 32.6 Å². The highest BCUT2D eigenvalue weighted by molar-refractivity contribution is 7.22. The van der Waals surface area contributed by atoms with Crippen LogP contribution in [0.15, 0.2) is 96.6 Å². The van der Waals surface area contributed by atoms with Crippen LogP contribution in [0.2, 0.25) is 5.02 Å². The predicted molar refractivity (Wildman–Crippen MR) is 223 cm³/mol. The number of halogens is 1. The molecule has 2 saturated heterocycles. The van der Waals surface area contributed by atoms with Gasteiger partial charge >= 0.3 is 0 Å². The molecule has 4 heterocycles. The van der Waals surface area contributed by atoms with E-state index in [0.29, 0.717) is 34.8 Å². The zero-order valence-electron chi connectivity index (χ0n) is 32.0. The Morgan fingerprint density at radius 3 is 2.41 bits per heavy atom. The Hall–Kier alpha value is -5.78. The van der Waals surface area contributed by atoms with Crippen LogP contribution in [-0.4, -0.2) is 55.1 Å². The maximum atomic E-state index is 15.3. The summed E-state index contributed by atoms with van der Waals surface area (Å²) in [5.41, 5.74) is 2.92. The SMILES string of the molecule is Cc1c(-c2cc(N3C(=O)C4CC5C(=CCC6C(=O)N(CCc7ccc(O)cc7)C(=O)C65)C(c5ccc(O)c6ccccc56)C4(C)C3=O)n(C)n2)sc2ccc(Cl)cc12. The number of nitrogens with zero attached hydrogens (tertiary/aromatic N) is 4. The van der Waals surface area contributed by atoms with Crippen molar-refractivity contribution >= 4 is 73.2 Å². The van der Waals surface area contributed by atoms with Crippen LogP contribution in [0, 0.1) is 36.0 Å². The van der Waals surface area contributed by atoms with Gasteiger partial charge in [0.25, 0.3) is 0 Å². The van der Waals surface area contributed by atoms with Crippen molar-refractivity contribution in [3.05, 3.63) is 118 Å². The third kappa shape index (κ3) is 5.18. The Labute approximate surface area is 342 Å². The Bertz CT molecular complexity index is 2810. The Morgan fingerprint density at radius 1 is 0.879 bits per heavy atom. The van der Waals surface area contributed by atoms with Crippen LogP contribution in [0.3, 0.4) is 0 Å². The second-order valence-corrected chi connectivity index (χ2v) is 17.8. The number of amides is 4. The van der Waals surface area contributed by atoms with E-state index in [1.54, 1.807) is 59.5 Å². The van der Waals surface area contributed by atoms with Gasteiger partial charge in [-0.05, 0) is 103 Å². The second-order valence-electron chi connectivity index (χ2n) is 16.3. The molecule has 6 atom stereocenters. The molecule has 10 rings (SSSR count). The number of benzene rings is 4. The molecule has 6 aromatic rings. The first kappa shape index (κ1) is 36.6. The molecule has 0 spiro atoms. The normalized spacial score (nSPS) is 25.4. The number of thiophene rings is 1. The van der Waals surface area contributed by atoms with Crippen LogP contribution in [0.4, 0.5) is 5.82 Å². The van der Waals surface area contributed by atoms with Crippen molar-refractivity contribution in [3.8, 4) is 22.1 Å². The molecule has 4 amide bonds. The summed E-state index contributed by atoms with van der Waals surface area (Å²) < 4.78 is 2.63. The third-order valence-corrected chi connectivity index (χ3v) is 14.9. The minimum absolute atomic E-state index is 0.101. The molecule has 2 aliphatic heterocycles. The van der Waals surface area contributed by atoms with Crippen molar-refractivity contribution in [2.45, 2.75) is 39.0 Å². The summed E-state index contributed by atoms with van der Waals surface area (Å²) in [6, 6.07) is 25.2. The molecule has 1 saturated carbocycles. The highest BCUT2D eigenvalue weighted by atomic mass is 35.5. The molecule has 0 bridgehead atoms. The molecular weight excluding hydrogens is 772 g/mol. The van der Waals surface area contributed by atoms with E-state index in [4.69, 9.17) is 16.7 Å². The van der Waals surface area contributed by atoms with Gasteiger partial charge < -0.3 is 10.2 Å². The number of rotatable bonds is 6. The number of hydrogen-bond acceptors (Lipinski definition) is 8. The Kier molecular flexibility index (Phi) is 8.27. The topological polar surface area (TPSA) is 133 Å². The number of aromatic nitrogens is 2. The number of likely N-dealkylation sites (tertiary alicyclic amines) is 1. The fourth-order valence-electron chi connectivity index (χ4n) is 10.5. The van der Waals surface area contributed by atoms with Crippen molar-refractivity contribution in [3.63, 3.8) is 0 Å². The molecule has 10 nitrogen and oxygen atoms in total. The number of phenolic OH excluding ortho intramolecular Hbond substituents is 2. The monoisotopic (exact) mass is 810 g/mol. The minimum Gasteiger partial charge on any atom is -0.508 e. The van der Waals surface area contributed by atoms with E-state index in [1.165, 1.54) is 9.80 Å². The number of fused-ring (bicyclic) bond motifs is 6. The molecule has 292 valence electrons. The largest absolute Gasteiger partial charge is 0.508 e. The van der Waals surface area contributed by atoms with Crippen molar-refractivity contribution < 1.29 is 29.4 Å². The smallest absolute Gasteiger partial charge is 0.242 e. The maximum absolute atomic E-state index is 15.3. The van der Waals surface area contributed by atoms with Gasteiger partial charge in [0.2, 0.25) is 23.6 Å². The first-order chi connectivity index (χ1) is 27.9. The van der Waals surface area contributed by atoms with Gasteiger partial charge in [-0.15, -0.1) is 11.3 Å². The predicted octanol–water partition coefficient (Wildman–Crippen LogP) is 8.30. The number of carbonyl (C=O) groups is 4. The van der Waals surface area contributed by atoms with Gasteiger partial charge in [-0.1, -0.05) is 65.7 Å². The Morgan fingerprint density at radius 2 is 1.64 bits per heavy atom. The van der Waals surface area contributed by atoms with Crippen LogP contribution in [0.5, 0.6) is 11.5 Å². The molecular formula is C46H39ClN4O6S. The molecule has 2 N–H and O–H groups in total. The summed E-state index contributed by atoms with van der Waals surface area (Å²) in [4.78, 5) is 62.5. The summed E-state index contributed by atoms with van der Waals surface area (Å²) in [6.07, 6.45) is 3.05. The number of imide groups is 2. The number of anilines is 1. The van der Waals surface area contributed by atoms with E-state index in [1.807, 2.05) is 68.5 Å². The quantitative estimate of drug-likeness (QED) is 0.128. The fraction of sp³-hybridized carbons (Fsp3) is 0.283. The summed E-state index contributed by atoms with van der Waals surface area (Å²) in [5.74, 6) is -3.81. The summed E-state index contributed by atoms with van der Waals surface area (Å²) in [6.45, 7) is 4.08. The molecule has 6 unspecified atom stereocenters. The first-order valence-corrected chi connectivity index (χ1v) is 20.7. The van der Waals surface area contributed by atoms with Gasteiger partial charge in [0.05, 0.1) is 28.0 Å². The summed E-state index contributed by atoms with van der Waals surface area (Å²) in [7, 11) is 1.73. The van der Waals surface area contributed by atoms with Gasteiger partial charge in [0.1, 0.15) is 23.0 Å². The highest BCUT2D eigenvalue weighted by Crippen LogP contribution is 2.64. The lowest BCUT2D eigenvalue weighted by Crippen LogP contribution is -2.49. The molecule has 2 aliphatic carbocycles. The molecule has 12 heteroatoms. The fourth-order valence-corrected chi connectivity index (χ4v) is 11.9. The Balaban J connectivity index is 1.07. The van der Waals surface area contributed by atoms with E-state index >= 15 is 9.59 Å². The van der Waals surface area contributed by atoms with E-state index in [2.05, 4.69) is 0 Å². The van der Waals surface area contributed by atoms with Crippen LogP contribution < -0.4 is 4.90 Å². The lowest BCUT2D eigenvalue weighted by Gasteiger charge is -2.49. The minimum atomic E-state index is -1.27. The lowest BCUT2D eigenvalue weighted by atomic mass is 9.51. The second kappa shape index (κ2) is 13.1. The van der Waals surface area contributed by atoms with Gasteiger partial charge in [0.15, 0.2) is 0 Å². The molecule has 2 aromatic heterocycles. The number of carbonyl (C=O) groups excluding carboxylic acids is 4. The van der Waals surface area contributed by atoms with Gasteiger partial charge in [-0.25, -0.2) is 4.90 Å². The first-order valence-electron chi connectivity index (χ1n) is 19.5. The van der Waals surface area contributed by atoms with E-state index in [0.717, 1.165) is 42.6 Å². The number of hydrogen-bond donors (Lipinski definition) is 2. The number of aromatic hydroxyl groups is 2. The zero-order valence-corrected chi connectivity index (χ0v) is 33.6. The maximum Gasteiger partial charge on any atom is 0.242 e. The van der Waals surface area contributed by atoms with Crippen molar-refractivity contribution in [1.29, 1.82) is 0 Å². The van der Waals surface area contributed by atoms with E-state index in [9.17, 15) is 19.8 Å². The highest BCUT2D eigenvalue weighted by Gasteiger charge is 2.68. The molecule has 3 fully saturated rings. The third-order valence-electron chi connectivity index (χ3n) is 13.4. The van der Waals surface area contributed by atoms with Crippen LogP contribution >= 0.6 is 22.9 Å².